The zero-order valence-corrected chi connectivity index (χ0v) is 12.2. The molecule has 2 aromatic heterocycles. The molecular weight excluding hydrogens is 292 g/mol. The van der Waals surface area contributed by atoms with Gasteiger partial charge in [-0.3, -0.25) is 21.2 Å². The van der Waals surface area contributed by atoms with Crippen LogP contribution < -0.4 is 11.3 Å². The Morgan fingerprint density at radius 2 is 1.95 bits per heavy atom. The van der Waals surface area contributed by atoms with Crippen molar-refractivity contribution in [3.8, 4) is 0 Å². The van der Waals surface area contributed by atoms with Gasteiger partial charge in [-0.1, -0.05) is 17.7 Å². The van der Waals surface area contributed by atoms with Crippen LogP contribution in [0.5, 0.6) is 0 Å². The van der Waals surface area contributed by atoms with Crippen molar-refractivity contribution in [1.82, 2.24) is 15.4 Å². The van der Waals surface area contributed by atoms with E-state index in [4.69, 9.17) is 17.4 Å². The summed E-state index contributed by atoms with van der Waals surface area (Å²) in [5.41, 5.74) is 5.69. The van der Waals surface area contributed by atoms with Crippen LogP contribution in [0.4, 0.5) is 0 Å². The van der Waals surface area contributed by atoms with Crippen LogP contribution >= 0.6 is 22.9 Å². The molecule has 4 nitrogen and oxygen atoms in total. The van der Waals surface area contributed by atoms with Gasteiger partial charge >= 0.3 is 0 Å². The molecule has 0 radical (unpaired) electrons. The van der Waals surface area contributed by atoms with Gasteiger partial charge in [0.15, 0.2) is 0 Å². The normalized spacial score (nSPS) is 12.7. The van der Waals surface area contributed by atoms with Gasteiger partial charge in [0.25, 0.3) is 0 Å². The molecule has 1 aromatic carbocycles. The Kier molecular flexibility index (Phi) is 3.93. The largest absolute Gasteiger partial charge is 0.271 e. The third kappa shape index (κ3) is 2.81. The minimum Gasteiger partial charge on any atom is -0.271 e. The van der Waals surface area contributed by atoms with E-state index in [2.05, 4.69) is 15.4 Å². The van der Waals surface area contributed by atoms with Crippen molar-refractivity contribution in [2.24, 2.45) is 5.84 Å². The fraction of sp³-hybridized carbons (Fsp3) is 0.143. The molecule has 0 aliphatic carbocycles. The smallest absolute Gasteiger partial charge is 0.0931 e. The molecule has 0 amide bonds. The van der Waals surface area contributed by atoms with Crippen LogP contribution in [0.25, 0.3) is 11.0 Å². The molecule has 102 valence electrons. The number of nitrogens with zero attached hydrogens (tertiary/aromatic N) is 2. The van der Waals surface area contributed by atoms with Crippen molar-refractivity contribution in [3.05, 3.63) is 57.5 Å². The highest BCUT2D eigenvalue weighted by atomic mass is 35.5. The summed E-state index contributed by atoms with van der Waals surface area (Å²) in [6.45, 7) is 0. The van der Waals surface area contributed by atoms with Crippen LogP contribution in [0.1, 0.15) is 16.5 Å². The molecule has 0 bridgehead atoms. The van der Waals surface area contributed by atoms with E-state index in [0.29, 0.717) is 0 Å². The van der Waals surface area contributed by atoms with E-state index in [1.165, 1.54) is 4.88 Å². The molecule has 0 fully saturated rings. The summed E-state index contributed by atoms with van der Waals surface area (Å²) in [5, 5.41) is 0. The first-order valence-corrected chi connectivity index (χ1v) is 7.37. The number of nitrogens with one attached hydrogen (secondary N) is 1. The Labute approximate surface area is 125 Å². The Morgan fingerprint density at radius 1 is 1.15 bits per heavy atom. The number of hydrogen-bond acceptors (Lipinski definition) is 5. The van der Waals surface area contributed by atoms with Crippen LogP contribution in [0, 0.1) is 0 Å². The molecule has 0 aliphatic heterocycles. The highest BCUT2D eigenvalue weighted by Gasteiger charge is 2.13. The average molecular weight is 305 g/mol. The number of hydrogen-bond donors (Lipinski definition) is 2. The molecule has 1 unspecified atom stereocenters. The van der Waals surface area contributed by atoms with Crippen molar-refractivity contribution < 1.29 is 0 Å². The quantitative estimate of drug-likeness (QED) is 0.574. The second kappa shape index (κ2) is 5.85. The monoisotopic (exact) mass is 304 g/mol. The summed E-state index contributed by atoms with van der Waals surface area (Å²) in [4.78, 5) is 9.78. The second-order valence-electron chi connectivity index (χ2n) is 4.43. The van der Waals surface area contributed by atoms with E-state index in [9.17, 15) is 0 Å². The Bertz CT molecular complexity index is 728. The maximum Gasteiger partial charge on any atom is 0.0931 e. The third-order valence-corrected chi connectivity index (χ3v) is 4.38. The summed E-state index contributed by atoms with van der Waals surface area (Å²) in [5.74, 6) is 5.69. The number of rotatable bonds is 4. The van der Waals surface area contributed by atoms with Gasteiger partial charge in [0, 0.05) is 23.7 Å². The van der Waals surface area contributed by atoms with Crippen molar-refractivity contribution in [2.45, 2.75) is 12.5 Å². The fourth-order valence-electron chi connectivity index (χ4n) is 2.13. The number of halogens is 1. The summed E-state index contributed by atoms with van der Waals surface area (Å²) in [7, 11) is 0. The average Bonchev–Trinajstić information content (AvgIpc) is 2.89. The topological polar surface area (TPSA) is 63.8 Å². The van der Waals surface area contributed by atoms with Crippen LogP contribution in [0.15, 0.2) is 42.7 Å². The lowest BCUT2D eigenvalue weighted by Crippen LogP contribution is -2.29. The summed E-state index contributed by atoms with van der Waals surface area (Å²) >= 11 is 7.53. The first-order chi connectivity index (χ1) is 9.76. The van der Waals surface area contributed by atoms with E-state index < -0.39 is 0 Å². The van der Waals surface area contributed by atoms with Gasteiger partial charge in [-0.15, -0.1) is 11.3 Å². The predicted molar refractivity (Wildman–Crippen MR) is 82.6 cm³/mol. The first kappa shape index (κ1) is 13.5. The van der Waals surface area contributed by atoms with E-state index in [1.807, 2.05) is 30.3 Å². The lowest BCUT2D eigenvalue weighted by atomic mass is 10.0. The summed E-state index contributed by atoms with van der Waals surface area (Å²) in [6.07, 6.45) is 4.17. The summed E-state index contributed by atoms with van der Waals surface area (Å²) in [6, 6.07) is 9.96. The van der Waals surface area contributed by atoms with Gasteiger partial charge in [-0.05, 0) is 29.8 Å². The van der Waals surface area contributed by atoms with Crippen LogP contribution in [0.3, 0.4) is 0 Å². The minimum absolute atomic E-state index is 0.0242. The minimum atomic E-state index is 0.0242. The SMILES string of the molecule is NNC(Cc1ccc(Cl)s1)c1ccc2nccnc2c1. The molecule has 1 atom stereocenters. The van der Waals surface area contributed by atoms with Gasteiger partial charge < -0.3 is 0 Å². The lowest BCUT2D eigenvalue weighted by Gasteiger charge is -2.15. The Balaban J connectivity index is 1.90. The van der Waals surface area contributed by atoms with E-state index in [0.717, 1.165) is 27.4 Å². The summed E-state index contributed by atoms with van der Waals surface area (Å²) < 4.78 is 0.792. The maximum atomic E-state index is 5.96. The molecule has 3 aromatic rings. The van der Waals surface area contributed by atoms with E-state index in [-0.39, 0.29) is 6.04 Å². The van der Waals surface area contributed by atoms with Crippen molar-refractivity contribution in [3.63, 3.8) is 0 Å². The molecular formula is C14H13ClN4S. The highest BCUT2D eigenvalue weighted by molar-refractivity contribution is 7.16. The standard InChI is InChI=1S/C14H13ClN4S/c15-14-4-2-10(20-14)8-12(19-16)9-1-3-11-13(7-9)18-6-5-17-11/h1-7,12,19H,8,16H2. The van der Waals surface area contributed by atoms with Crippen LogP contribution in [0.2, 0.25) is 4.34 Å². The molecule has 0 aliphatic rings. The maximum absolute atomic E-state index is 5.96. The number of hydrazine groups is 1. The molecule has 2 heterocycles. The predicted octanol–water partition coefficient (Wildman–Crippen LogP) is 3.09. The van der Waals surface area contributed by atoms with Gasteiger partial charge in [-0.25, -0.2) is 0 Å². The molecule has 3 rings (SSSR count). The van der Waals surface area contributed by atoms with Crippen LogP contribution in [-0.2, 0) is 6.42 Å². The van der Waals surface area contributed by atoms with Gasteiger partial charge in [0.1, 0.15) is 0 Å². The molecule has 20 heavy (non-hydrogen) atoms. The van der Waals surface area contributed by atoms with Crippen molar-refractivity contribution in [2.75, 3.05) is 0 Å². The zero-order valence-electron chi connectivity index (χ0n) is 10.6. The third-order valence-electron chi connectivity index (χ3n) is 3.13. The van der Waals surface area contributed by atoms with Gasteiger partial charge in [-0.2, -0.15) is 0 Å². The first-order valence-electron chi connectivity index (χ1n) is 6.17. The number of aromatic nitrogens is 2. The van der Waals surface area contributed by atoms with Crippen molar-refractivity contribution >= 4 is 34.0 Å². The molecule has 6 heteroatoms. The molecule has 0 saturated heterocycles. The zero-order chi connectivity index (χ0) is 13.9. The number of thiophene rings is 1. The number of benzene rings is 1. The van der Waals surface area contributed by atoms with E-state index >= 15 is 0 Å². The van der Waals surface area contributed by atoms with Crippen molar-refractivity contribution in [1.29, 1.82) is 0 Å². The van der Waals surface area contributed by atoms with Gasteiger partial charge in [0.05, 0.1) is 21.4 Å². The Morgan fingerprint density at radius 3 is 2.65 bits per heavy atom. The van der Waals surface area contributed by atoms with E-state index in [1.54, 1.807) is 23.7 Å². The lowest BCUT2D eigenvalue weighted by molar-refractivity contribution is 0.556. The Hall–Kier alpha value is -1.53. The molecule has 0 saturated carbocycles. The van der Waals surface area contributed by atoms with Gasteiger partial charge in [0.2, 0.25) is 0 Å². The highest BCUT2D eigenvalue weighted by Crippen LogP contribution is 2.27. The van der Waals surface area contributed by atoms with Crippen LogP contribution in [-0.4, -0.2) is 9.97 Å². The molecule has 3 N–H and O–H groups in total. The fourth-order valence-corrected chi connectivity index (χ4v) is 3.27. The second-order valence-corrected chi connectivity index (χ2v) is 6.23. The number of fused-ring (bicyclic) bond motifs is 1. The molecule has 0 spiro atoms. The number of nitrogens with two attached hydrogens (primary N) is 1.